The number of likely N-dealkylation sites (tertiary alicyclic amines) is 1. The number of nitrogens with one attached hydrogen (secondary N) is 2. The van der Waals surface area contributed by atoms with Crippen LogP contribution in [0, 0.1) is 6.92 Å². The van der Waals surface area contributed by atoms with E-state index in [0.29, 0.717) is 13.0 Å². The molecule has 1 atom stereocenters. The minimum Gasteiger partial charge on any atom is -0.359 e. The highest BCUT2D eigenvalue weighted by atomic mass is 16.2. The van der Waals surface area contributed by atoms with Crippen molar-refractivity contribution in [3.63, 3.8) is 0 Å². The summed E-state index contributed by atoms with van der Waals surface area (Å²) in [7, 11) is 0. The molecule has 1 aliphatic heterocycles. The quantitative estimate of drug-likeness (QED) is 0.914. The molecule has 2 aromatic rings. The Balaban J connectivity index is 1.76. The number of hydrogen-bond acceptors (Lipinski definition) is 2. The van der Waals surface area contributed by atoms with Gasteiger partial charge in [-0.05, 0) is 50.5 Å². The van der Waals surface area contributed by atoms with Crippen LogP contribution in [0.3, 0.4) is 0 Å². The van der Waals surface area contributed by atoms with E-state index in [4.69, 9.17) is 0 Å². The van der Waals surface area contributed by atoms with Gasteiger partial charge >= 0.3 is 0 Å². The van der Waals surface area contributed by atoms with Gasteiger partial charge in [-0.3, -0.25) is 9.59 Å². The second kappa shape index (κ2) is 6.44. The van der Waals surface area contributed by atoms with Gasteiger partial charge in [0.05, 0.1) is 0 Å². The van der Waals surface area contributed by atoms with Crippen LogP contribution in [0.1, 0.15) is 38.3 Å². The molecule has 122 valence electrons. The molecule has 2 heterocycles. The molecule has 0 saturated carbocycles. The van der Waals surface area contributed by atoms with E-state index in [2.05, 4.69) is 16.4 Å². The highest BCUT2D eigenvalue weighted by molar-refractivity contribution is 5.98. The van der Waals surface area contributed by atoms with Gasteiger partial charge in [0.25, 0.3) is 0 Å². The fourth-order valence-electron chi connectivity index (χ4n) is 3.29. The highest BCUT2D eigenvalue weighted by Crippen LogP contribution is 2.22. The summed E-state index contributed by atoms with van der Waals surface area (Å²) < 4.78 is 0. The van der Waals surface area contributed by atoms with Crippen LogP contribution in [-0.2, 0) is 9.59 Å². The van der Waals surface area contributed by atoms with Gasteiger partial charge in [-0.2, -0.15) is 0 Å². The molecule has 0 aliphatic carbocycles. The predicted octanol–water partition coefficient (Wildman–Crippen LogP) is 3.21. The van der Waals surface area contributed by atoms with Crippen molar-refractivity contribution in [2.75, 3.05) is 11.9 Å². The molecule has 23 heavy (non-hydrogen) atoms. The van der Waals surface area contributed by atoms with Crippen molar-refractivity contribution in [2.24, 2.45) is 0 Å². The van der Waals surface area contributed by atoms with Crippen LogP contribution in [0.5, 0.6) is 0 Å². The molecule has 1 unspecified atom stereocenters. The molecule has 1 saturated heterocycles. The lowest BCUT2D eigenvalue weighted by molar-refractivity contribution is -0.140. The number of rotatable bonds is 3. The van der Waals surface area contributed by atoms with Crippen LogP contribution in [0.2, 0.25) is 0 Å². The second-order valence-electron chi connectivity index (χ2n) is 6.20. The Hall–Kier alpha value is -2.30. The summed E-state index contributed by atoms with van der Waals surface area (Å²) >= 11 is 0. The van der Waals surface area contributed by atoms with Gasteiger partial charge in [-0.1, -0.05) is 6.92 Å². The van der Waals surface area contributed by atoms with Gasteiger partial charge < -0.3 is 15.2 Å². The molecule has 0 bridgehead atoms. The number of carbonyl (C=O) groups is 2. The minimum atomic E-state index is -0.347. The number of nitrogens with zero attached hydrogens (tertiary/aromatic N) is 1. The average Bonchev–Trinajstić information content (AvgIpc) is 2.93. The standard InChI is InChI=1S/C18H23N3O2/c1-3-17(22)21-9-5-4-6-16(21)18(23)20-14-7-8-15-13(11-14)10-12(2)19-15/h7-8,10-11,16,19H,3-6,9H2,1-2H3,(H,20,23). The van der Waals surface area contributed by atoms with E-state index in [1.165, 1.54) is 0 Å². The van der Waals surface area contributed by atoms with Crippen LogP contribution in [-0.4, -0.2) is 34.3 Å². The predicted molar refractivity (Wildman–Crippen MR) is 91.3 cm³/mol. The van der Waals surface area contributed by atoms with Crippen molar-refractivity contribution in [3.8, 4) is 0 Å². The number of amides is 2. The third-order valence-electron chi connectivity index (χ3n) is 4.45. The maximum atomic E-state index is 12.6. The normalized spacial score (nSPS) is 18.2. The summed E-state index contributed by atoms with van der Waals surface area (Å²) in [6.07, 6.45) is 3.15. The van der Waals surface area contributed by atoms with Gasteiger partial charge in [0.15, 0.2) is 0 Å². The van der Waals surface area contributed by atoms with E-state index in [0.717, 1.165) is 41.5 Å². The molecule has 0 radical (unpaired) electrons. The Morgan fingerprint density at radius 2 is 2.13 bits per heavy atom. The van der Waals surface area contributed by atoms with Crippen molar-refractivity contribution >= 4 is 28.4 Å². The van der Waals surface area contributed by atoms with Crippen LogP contribution >= 0.6 is 0 Å². The number of fused-ring (bicyclic) bond motifs is 1. The number of benzene rings is 1. The Bertz CT molecular complexity index is 735. The number of carbonyl (C=O) groups excluding carboxylic acids is 2. The molecule has 1 aromatic heterocycles. The second-order valence-corrected chi connectivity index (χ2v) is 6.20. The molecule has 2 N–H and O–H groups in total. The molecular weight excluding hydrogens is 290 g/mol. The van der Waals surface area contributed by atoms with Gasteiger partial charge in [0, 0.05) is 35.2 Å². The van der Waals surface area contributed by atoms with E-state index in [1.807, 2.05) is 32.0 Å². The lowest BCUT2D eigenvalue weighted by atomic mass is 10.0. The number of aromatic amines is 1. The van der Waals surface area contributed by atoms with Crippen molar-refractivity contribution in [2.45, 2.75) is 45.6 Å². The monoisotopic (exact) mass is 313 g/mol. The molecule has 1 aliphatic rings. The fraction of sp³-hybridized carbons (Fsp3) is 0.444. The molecule has 1 aromatic carbocycles. The van der Waals surface area contributed by atoms with E-state index in [1.54, 1.807) is 4.90 Å². The summed E-state index contributed by atoms with van der Waals surface area (Å²) in [5.74, 6) is -0.0281. The molecular formula is C18H23N3O2. The number of aryl methyl sites for hydroxylation is 1. The van der Waals surface area contributed by atoms with Crippen LogP contribution in [0.15, 0.2) is 24.3 Å². The Labute approximate surface area is 136 Å². The van der Waals surface area contributed by atoms with Crippen molar-refractivity contribution in [1.82, 2.24) is 9.88 Å². The Morgan fingerprint density at radius 1 is 1.30 bits per heavy atom. The van der Waals surface area contributed by atoms with Gasteiger partial charge in [-0.25, -0.2) is 0 Å². The molecule has 3 rings (SSSR count). The Kier molecular flexibility index (Phi) is 4.37. The molecule has 1 fully saturated rings. The van der Waals surface area contributed by atoms with Crippen molar-refractivity contribution < 1.29 is 9.59 Å². The first kappa shape index (κ1) is 15.6. The summed E-state index contributed by atoms with van der Waals surface area (Å²) in [6.45, 7) is 4.53. The van der Waals surface area contributed by atoms with Crippen LogP contribution in [0.25, 0.3) is 10.9 Å². The molecule has 2 amide bonds. The third-order valence-corrected chi connectivity index (χ3v) is 4.45. The fourth-order valence-corrected chi connectivity index (χ4v) is 3.29. The number of hydrogen-bond donors (Lipinski definition) is 2. The number of H-pyrrole nitrogens is 1. The number of piperidine rings is 1. The van der Waals surface area contributed by atoms with Crippen LogP contribution in [0.4, 0.5) is 5.69 Å². The summed E-state index contributed by atoms with van der Waals surface area (Å²) in [6, 6.07) is 7.53. The van der Waals surface area contributed by atoms with E-state index >= 15 is 0 Å². The zero-order chi connectivity index (χ0) is 16.4. The van der Waals surface area contributed by atoms with E-state index in [-0.39, 0.29) is 17.9 Å². The van der Waals surface area contributed by atoms with Gasteiger partial charge in [0.2, 0.25) is 11.8 Å². The Morgan fingerprint density at radius 3 is 2.91 bits per heavy atom. The maximum absolute atomic E-state index is 12.6. The topological polar surface area (TPSA) is 65.2 Å². The first-order valence-electron chi connectivity index (χ1n) is 8.28. The first-order valence-corrected chi connectivity index (χ1v) is 8.28. The van der Waals surface area contributed by atoms with Crippen molar-refractivity contribution in [1.29, 1.82) is 0 Å². The number of aromatic nitrogens is 1. The minimum absolute atomic E-state index is 0.0570. The number of anilines is 1. The lowest BCUT2D eigenvalue weighted by Crippen LogP contribution is -2.49. The zero-order valence-corrected chi connectivity index (χ0v) is 13.7. The largest absolute Gasteiger partial charge is 0.359 e. The summed E-state index contributed by atoms with van der Waals surface area (Å²) in [4.78, 5) is 29.7. The van der Waals surface area contributed by atoms with E-state index < -0.39 is 0 Å². The summed E-state index contributed by atoms with van der Waals surface area (Å²) in [5.41, 5.74) is 2.92. The smallest absolute Gasteiger partial charge is 0.247 e. The highest BCUT2D eigenvalue weighted by Gasteiger charge is 2.31. The molecule has 5 nitrogen and oxygen atoms in total. The average molecular weight is 313 g/mol. The third kappa shape index (κ3) is 3.23. The molecule has 5 heteroatoms. The maximum Gasteiger partial charge on any atom is 0.247 e. The first-order chi connectivity index (χ1) is 11.1. The van der Waals surface area contributed by atoms with E-state index in [9.17, 15) is 9.59 Å². The summed E-state index contributed by atoms with van der Waals surface area (Å²) in [5, 5.41) is 4.05. The van der Waals surface area contributed by atoms with Gasteiger partial charge in [0.1, 0.15) is 6.04 Å². The zero-order valence-electron chi connectivity index (χ0n) is 13.7. The van der Waals surface area contributed by atoms with Crippen molar-refractivity contribution in [3.05, 3.63) is 30.0 Å². The van der Waals surface area contributed by atoms with Gasteiger partial charge in [-0.15, -0.1) is 0 Å². The SMILES string of the molecule is CCC(=O)N1CCCCC1C(=O)Nc1ccc2[nH]c(C)cc2c1. The lowest BCUT2D eigenvalue weighted by Gasteiger charge is -2.34. The van der Waals surface area contributed by atoms with Crippen LogP contribution < -0.4 is 5.32 Å². The molecule has 0 spiro atoms.